The summed E-state index contributed by atoms with van der Waals surface area (Å²) < 4.78 is 0. The molecule has 90 valence electrons. The van der Waals surface area contributed by atoms with E-state index in [1.54, 1.807) is 0 Å². The average Bonchev–Trinajstić information content (AvgIpc) is 3.10. The number of H-pyrrole nitrogens is 3. The highest BCUT2D eigenvalue weighted by Gasteiger charge is 2.08. The SMILES string of the molecule is c1cc2cc3c(cc2[nH]1)[nH]c1cc2[nH]ccc2cc13. The van der Waals surface area contributed by atoms with Crippen LogP contribution in [0.1, 0.15) is 0 Å². The molecular weight excluding hydrogens is 234 g/mol. The van der Waals surface area contributed by atoms with E-state index in [0.29, 0.717) is 0 Å². The van der Waals surface area contributed by atoms with Gasteiger partial charge in [-0.1, -0.05) is 0 Å². The van der Waals surface area contributed by atoms with Crippen molar-refractivity contribution in [1.82, 2.24) is 15.0 Å². The molecule has 3 aromatic heterocycles. The second-order valence-corrected chi connectivity index (χ2v) is 5.05. The Morgan fingerprint density at radius 1 is 0.579 bits per heavy atom. The fraction of sp³-hybridized carbons (Fsp3) is 0. The van der Waals surface area contributed by atoms with E-state index < -0.39 is 0 Å². The van der Waals surface area contributed by atoms with E-state index in [1.807, 2.05) is 12.4 Å². The van der Waals surface area contributed by atoms with Crippen molar-refractivity contribution in [2.75, 3.05) is 0 Å². The predicted octanol–water partition coefficient (Wildman–Crippen LogP) is 4.28. The summed E-state index contributed by atoms with van der Waals surface area (Å²) in [6, 6.07) is 13.1. The van der Waals surface area contributed by atoms with Crippen LogP contribution in [0.5, 0.6) is 0 Å². The van der Waals surface area contributed by atoms with Crippen LogP contribution in [-0.2, 0) is 0 Å². The summed E-state index contributed by atoms with van der Waals surface area (Å²) in [7, 11) is 0. The van der Waals surface area contributed by atoms with Crippen molar-refractivity contribution >= 4 is 43.6 Å². The van der Waals surface area contributed by atoms with Crippen LogP contribution in [-0.4, -0.2) is 15.0 Å². The Bertz CT molecular complexity index is 974. The highest BCUT2D eigenvalue weighted by Crippen LogP contribution is 2.31. The third-order valence-corrected chi connectivity index (χ3v) is 3.94. The smallest absolute Gasteiger partial charge is 0.0486 e. The molecule has 3 N–H and O–H groups in total. The summed E-state index contributed by atoms with van der Waals surface area (Å²) in [5, 5.41) is 5.07. The first-order chi connectivity index (χ1) is 9.38. The van der Waals surface area contributed by atoms with E-state index >= 15 is 0 Å². The molecule has 0 aliphatic heterocycles. The summed E-state index contributed by atoms with van der Waals surface area (Å²) in [5.41, 5.74) is 4.70. The van der Waals surface area contributed by atoms with Gasteiger partial charge in [0.05, 0.1) is 0 Å². The van der Waals surface area contributed by atoms with Crippen molar-refractivity contribution in [3.8, 4) is 0 Å². The van der Waals surface area contributed by atoms with Gasteiger partial charge in [-0.3, -0.25) is 0 Å². The largest absolute Gasteiger partial charge is 0.361 e. The number of aromatic amines is 3. The first-order valence-electron chi connectivity index (χ1n) is 6.38. The van der Waals surface area contributed by atoms with Crippen molar-refractivity contribution in [2.45, 2.75) is 0 Å². The highest BCUT2D eigenvalue weighted by molar-refractivity contribution is 6.14. The zero-order valence-corrected chi connectivity index (χ0v) is 10.1. The minimum Gasteiger partial charge on any atom is -0.361 e. The molecule has 0 atom stereocenters. The van der Waals surface area contributed by atoms with Crippen molar-refractivity contribution < 1.29 is 0 Å². The molecule has 5 aromatic rings. The lowest BCUT2D eigenvalue weighted by Crippen LogP contribution is -1.70. The Morgan fingerprint density at radius 3 is 1.63 bits per heavy atom. The van der Waals surface area contributed by atoms with Gasteiger partial charge in [0.15, 0.2) is 0 Å². The second-order valence-electron chi connectivity index (χ2n) is 5.05. The molecule has 0 bridgehead atoms. The van der Waals surface area contributed by atoms with Gasteiger partial charge in [-0.2, -0.15) is 0 Å². The quantitative estimate of drug-likeness (QED) is 0.364. The monoisotopic (exact) mass is 245 g/mol. The van der Waals surface area contributed by atoms with Gasteiger partial charge in [-0.15, -0.1) is 0 Å². The average molecular weight is 245 g/mol. The minimum atomic E-state index is 1.17. The topological polar surface area (TPSA) is 47.4 Å². The number of aromatic nitrogens is 3. The van der Waals surface area contributed by atoms with Crippen LogP contribution >= 0.6 is 0 Å². The van der Waals surface area contributed by atoms with Crippen LogP contribution < -0.4 is 0 Å². The molecule has 0 aliphatic carbocycles. The molecular formula is C16H11N3. The zero-order chi connectivity index (χ0) is 12.4. The van der Waals surface area contributed by atoms with Gasteiger partial charge in [-0.05, 0) is 36.4 Å². The fourth-order valence-electron chi connectivity index (χ4n) is 3.00. The van der Waals surface area contributed by atoms with Crippen LogP contribution in [0, 0.1) is 0 Å². The Balaban J connectivity index is 2.06. The zero-order valence-electron chi connectivity index (χ0n) is 10.1. The lowest BCUT2D eigenvalue weighted by molar-refractivity contribution is 1.47. The second kappa shape index (κ2) is 3.01. The molecule has 0 saturated carbocycles. The third kappa shape index (κ3) is 1.12. The van der Waals surface area contributed by atoms with Crippen LogP contribution in [0.15, 0.2) is 48.8 Å². The summed E-state index contributed by atoms with van der Waals surface area (Å²) in [4.78, 5) is 10.0. The molecule has 3 heterocycles. The van der Waals surface area contributed by atoms with E-state index in [0.717, 1.165) is 0 Å². The maximum Gasteiger partial charge on any atom is 0.0486 e. The van der Waals surface area contributed by atoms with Crippen molar-refractivity contribution in [3.63, 3.8) is 0 Å². The maximum atomic E-state index is 3.50. The molecule has 2 aromatic carbocycles. The van der Waals surface area contributed by atoms with Gasteiger partial charge >= 0.3 is 0 Å². The number of benzene rings is 2. The Morgan fingerprint density at radius 2 is 1.11 bits per heavy atom. The Kier molecular flexibility index (Phi) is 1.47. The maximum absolute atomic E-state index is 3.50. The summed E-state index contributed by atoms with van der Waals surface area (Å²) in [6.07, 6.45) is 3.96. The summed E-state index contributed by atoms with van der Waals surface area (Å²) in [5.74, 6) is 0. The molecule has 0 amide bonds. The number of nitrogens with one attached hydrogen (secondary N) is 3. The Labute approximate surface area is 108 Å². The third-order valence-electron chi connectivity index (χ3n) is 3.94. The lowest BCUT2D eigenvalue weighted by Gasteiger charge is -1.94. The molecule has 0 fully saturated rings. The van der Waals surface area contributed by atoms with Gasteiger partial charge in [0.2, 0.25) is 0 Å². The van der Waals surface area contributed by atoms with Crippen LogP contribution in [0.3, 0.4) is 0 Å². The van der Waals surface area contributed by atoms with E-state index in [9.17, 15) is 0 Å². The first kappa shape index (κ1) is 9.28. The molecule has 0 unspecified atom stereocenters. The molecule has 3 heteroatoms. The van der Waals surface area contributed by atoms with E-state index in [4.69, 9.17) is 0 Å². The lowest BCUT2D eigenvalue weighted by atomic mass is 10.1. The predicted molar refractivity (Wildman–Crippen MR) is 79.5 cm³/mol. The van der Waals surface area contributed by atoms with Gasteiger partial charge in [0, 0.05) is 56.0 Å². The van der Waals surface area contributed by atoms with Gasteiger partial charge < -0.3 is 15.0 Å². The first-order valence-corrected chi connectivity index (χ1v) is 6.38. The molecule has 0 spiro atoms. The number of rotatable bonds is 0. The molecule has 0 saturated heterocycles. The molecule has 19 heavy (non-hydrogen) atoms. The van der Waals surface area contributed by atoms with Crippen LogP contribution in [0.25, 0.3) is 43.6 Å². The number of hydrogen-bond acceptors (Lipinski definition) is 0. The molecule has 5 rings (SSSR count). The van der Waals surface area contributed by atoms with Gasteiger partial charge in [0.25, 0.3) is 0 Å². The van der Waals surface area contributed by atoms with E-state index in [1.165, 1.54) is 43.6 Å². The normalized spacial score (nSPS) is 12.2. The summed E-state index contributed by atoms with van der Waals surface area (Å²) >= 11 is 0. The number of fused-ring (bicyclic) bond motifs is 5. The van der Waals surface area contributed by atoms with Gasteiger partial charge in [0.1, 0.15) is 0 Å². The highest BCUT2D eigenvalue weighted by atomic mass is 14.7. The number of hydrogen-bond donors (Lipinski definition) is 3. The standard InChI is InChI=1S/C16H11N3/c1-3-17-13-7-15-11(5-9(1)13)12-6-10-2-4-18-14(10)8-16(12)19-15/h1-8,17-19H. The van der Waals surface area contributed by atoms with Crippen molar-refractivity contribution in [3.05, 3.63) is 48.8 Å². The minimum absolute atomic E-state index is 1.17. The van der Waals surface area contributed by atoms with Crippen molar-refractivity contribution in [2.24, 2.45) is 0 Å². The molecule has 0 aliphatic rings. The molecule has 3 nitrogen and oxygen atoms in total. The Hall–Kier alpha value is -2.68. The van der Waals surface area contributed by atoms with E-state index in [2.05, 4.69) is 51.4 Å². The van der Waals surface area contributed by atoms with Crippen LogP contribution in [0.4, 0.5) is 0 Å². The van der Waals surface area contributed by atoms with Crippen molar-refractivity contribution in [1.29, 1.82) is 0 Å². The molecule has 0 radical (unpaired) electrons. The fourth-order valence-corrected chi connectivity index (χ4v) is 3.00. The van der Waals surface area contributed by atoms with Crippen LogP contribution in [0.2, 0.25) is 0 Å². The van der Waals surface area contributed by atoms with Gasteiger partial charge in [-0.25, -0.2) is 0 Å². The van der Waals surface area contributed by atoms with E-state index in [-0.39, 0.29) is 0 Å². The summed E-state index contributed by atoms with van der Waals surface area (Å²) in [6.45, 7) is 0.